The minimum Gasteiger partial charge on any atom is -0.371 e. The predicted molar refractivity (Wildman–Crippen MR) is 104 cm³/mol. The molecule has 3 heterocycles. The Hall–Kier alpha value is -3.03. The van der Waals surface area contributed by atoms with Crippen LogP contribution in [0.3, 0.4) is 0 Å². The van der Waals surface area contributed by atoms with E-state index in [0.29, 0.717) is 23.2 Å². The van der Waals surface area contributed by atoms with Gasteiger partial charge in [-0.1, -0.05) is 0 Å². The van der Waals surface area contributed by atoms with E-state index in [1.54, 1.807) is 23.1 Å². The van der Waals surface area contributed by atoms with Crippen LogP contribution in [0.4, 0.5) is 20.3 Å². The van der Waals surface area contributed by atoms with Crippen molar-refractivity contribution >= 4 is 11.5 Å². The molecule has 1 fully saturated rings. The fraction of sp³-hybridized carbons (Fsp3) is 0.350. The first kappa shape index (κ1) is 18.3. The molecule has 1 aromatic carbocycles. The van der Waals surface area contributed by atoms with Crippen LogP contribution in [0.2, 0.25) is 0 Å². The van der Waals surface area contributed by atoms with E-state index in [0.717, 1.165) is 37.4 Å². The third-order valence-corrected chi connectivity index (χ3v) is 4.97. The number of hydrogen-bond donors (Lipinski definition) is 1. The first-order valence-electron chi connectivity index (χ1n) is 9.29. The molecule has 1 N–H and O–H groups in total. The fourth-order valence-corrected chi connectivity index (χ4v) is 3.57. The molecule has 3 aromatic rings. The van der Waals surface area contributed by atoms with E-state index in [-0.39, 0.29) is 0 Å². The number of benzene rings is 1. The van der Waals surface area contributed by atoms with Gasteiger partial charge in [0.2, 0.25) is 0 Å². The molecule has 1 aliphatic heterocycles. The maximum Gasteiger partial charge on any atom is 0.174 e. The lowest BCUT2D eigenvalue weighted by Crippen LogP contribution is -2.23. The van der Waals surface area contributed by atoms with Gasteiger partial charge >= 0.3 is 0 Å². The summed E-state index contributed by atoms with van der Waals surface area (Å²) in [6.45, 7) is 6.25. The van der Waals surface area contributed by atoms with Crippen molar-refractivity contribution in [1.82, 2.24) is 19.7 Å². The van der Waals surface area contributed by atoms with Crippen molar-refractivity contribution < 1.29 is 8.78 Å². The Morgan fingerprint density at radius 1 is 1.14 bits per heavy atom. The number of aromatic nitrogens is 4. The van der Waals surface area contributed by atoms with Gasteiger partial charge < -0.3 is 10.2 Å². The molecule has 0 aliphatic carbocycles. The highest BCUT2D eigenvalue weighted by Gasteiger charge is 2.23. The summed E-state index contributed by atoms with van der Waals surface area (Å²) in [5, 5.41) is 7.78. The Morgan fingerprint density at radius 2 is 2.00 bits per heavy atom. The lowest BCUT2D eigenvalue weighted by Gasteiger charge is -2.19. The normalized spacial score (nSPS) is 16.6. The minimum absolute atomic E-state index is 0.382. The van der Waals surface area contributed by atoms with Crippen molar-refractivity contribution in [2.24, 2.45) is 5.92 Å². The van der Waals surface area contributed by atoms with Crippen molar-refractivity contribution in [2.45, 2.75) is 20.3 Å². The van der Waals surface area contributed by atoms with Crippen molar-refractivity contribution in [3.05, 3.63) is 59.7 Å². The first-order chi connectivity index (χ1) is 13.5. The van der Waals surface area contributed by atoms with E-state index in [4.69, 9.17) is 0 Å². The average Bonchev–Trinajstić information content (AvgIpc) is 3.28. The van der Waals surface area contributed by atoms with E-state index in [1.165, 1.54) is 12.1 Å². The smallest absolute Gasteiger partial charge is 0.174 e. The summed E-state index contributed by atoms with van der Waals surface area (Å²) in [4.78, 5) is 10.9. The molecule has 0 spiro atoms. The quantitative estimate of drug-likeness (QED) is 0.730. The van der Waals surface area contributed by atoms with Gasteiger partial charge in [0.05, 0.1) is 18.1 Å². The summed E-state index contributed by atoms with van der Waals surface area (Å²) >= 11 is 0. The fourth-order valence-electron chi connectivity index (χ4n) is 3.57. The van der Waals surface area contributed by atoms with Crippen molar-refractivity contribution in [1.29, 1.82) is 0 Å². The molecule has 8 heteroatoms. The second-order valence-electron chi connectivity index (χ2n) is 7.18. The summed E-state index contributed by atoms with van der Waals surface area (Å²) in [7, 11) is 0. The van der Waals surface area contributed by atoms with E-state index < -0.39 is 11.6 Å². The van der Waals surface area contributed by atoms with Crippen molar-refractivity contribution in [3.63, 3.8) is 0 Å². The molecule has 4 rings (SSSR count). The molecule has 6 nitrogen and oxygen atoms in total. The predicted octanol–water partition coefficient (Wildman–Crippen LogP) is 3.50. The maximum atomic E-state index is 13.5. The van der Waals surface area contributed by atoms with Gasteiger partial charge in [0.15, 0.2) is 17.5 Å². The molecule has 1 saturated heterocycles. The van der Waals surface area contributed by atoms with Gasteiger partial charge in [-0.2, -0.15) is 5.10 Å². The number of anilines is 2. The molecular weight excluding hydrogens is 362 g/mol. The molecular formula is C20H22F2N6. The van der Waals surface area contributed by atoms with E-state index in [1.807, 2.05) is 19.9 Å². The monoisotopic (exact) mass is 384 g/mol. The van der Waals surface area contributed by atoms with Gasteiger partial charge in [-0.25, -0.2) is 18.4 Å². The summed E-state index contributed by atoms with van der Waals surface area (Å²) in [6, 6.07) is 6.05. The maximum absolute atomic E-state index is 13.5. The van der Waals surface area contributed by atoms with Crippen LogP contribution >= 0.6 is 0 Å². The van der Waals surface area contributed by atoms with E-state index in [2.05, 4.69) is 25.3 Å². The van der Waals surface area contributed by atoms with Gasteiger partial charge in [-0.15, -0.1) is 0 Å². The molecule has 0 amide bonds. The summed E-state index contributed by atoms with van der Waals surface area (Å²) in [5.41, 5.74) is 2.65. The molecule has 2 aromatic heterocycles. The largest absolute Gasteiger partial charge is 0.371 e. The van der Waals surface area contributed by atoms with Crippen LogP contribution in [0.1, 0.15) is 17.8 Å². The number of hydrogen-bond acceptors (Lipinski definition) is 5. The van der Waals surface area contributed by atoms with Crippen LogP contribution in [0, 0.1) is 31.4 Å². The number of nitrogens with zero attached hydrogens (tertiary/aromatic N) is 5. The highest BCUT2D eigenvalue weighted by molar-refractivity contribution is 5.48. The molecule has 146 valence electrons. The van der Waals surface area contributed by atoms with Crippen molar-refractivity contribution in [3.8, 4) is 5.82 Å². The van der Waals surface area contributed by atoms with Gasteiger partial charge in [0, 0.05) is 37.1 Å². The highest BCUT2D eigenvalue weighted by atomic mass is 19.2. The zero-order valence-corrected chi connectivity index (χ0v) is 15.9. The zero-order chi connectivity index (χ0) is 19.7. The number of rotatable bonds is 5. The molecule has 1 unspecified atom stereocenters. The first-order valence-corrected chi connectivity index (χ1v) is 9.29. The lowest BCUT2D eigenvalue weighted by atomic mass is 10.1. The molecule has 0 bridgehead atoms. The van der Waals surface area contributed by atoms with Crippen LogP contribution in [0.15, 0.2) is 36.7 Å². The number of halogens is 2. The van der Waals surface area contributed by atoms with Crippen LogP contribution in [0.5, 0.6) is 0 Å². The second-order valence-corrected chi connectivity index (χ2v) is 7.18. The second kappa shape index (κ2) is 7.53. The zero-order valence-electron chi connectivity index (χ0n) is 15.9. The Labute approximate surface area is 162 Å². The average molecular weight is 384 g/mol. The Morgan fingerprint density at radius 3 is 2.75 bits per heavy atom. The number of nitrogens with one attached hydrogen (secondary N) is 1. The highest BCUT2D eigenvalue weighted by Crippen LogP contribution is 2.25. The minimum atomic E-state index is -0.817. The molecule has 0 saturated carbocycles. The SMILES string of the molecule is Cc1cc(C)n(-c2cncc(NCC3CCN(c4ccc(F)c(F)c4)C3)n2)n1. The van der Waals surface area contributed by atoms with Gasteiger partial charge in [-0.05, 0) is 44.4 Å². The third kappa shape index (κ3) is 3.81. The third-order valence-electron chi connectivity index (χ3n) is 4.97. The summed E-state index contributed by atoms with van der Waals surface area (Å²) in [6.07, 6.45) is 4.35. The van der Waals surface area contributed by atoms with E-state index >= 15 is 0 Å². The standard InChI is InChI=1S/C20H22F2N6/c1-13-7-14(2)28(26-13)20-11-23-10-19(25-20)24-9-15-5-6-27(12-15)16-3-4-17(21)18(22)8-16/h3-4,7-8,10-11,15H,5-6,9,12H2,1-2H3,(H,24,25). The molecule has 0 radical (unpaired) electrons. The molecule has 1 aliphatic rings. The lowest BCUT2D eigenvalue weighted by molar-refractivity contribution is 0.508. The topological polar surface area (TPSA) is 58.9 Å². The van der Waals surface area contributed by atoms with Crippen molar-refractivity contribution in [2.75, 3.05) is 29.9 Å². The summed E-state index contributed by atoms with van der Waals surface area (Å²) < 4.78 is 28.4. The van der Waals surface area contributed by atoms with Crippen LogP contribution in [0.25, 0.3) is 5.82 Å². The van der Waals surface area contributed by atoms with Gasteiger partial charge in [-0.3, -0.25) is 4.98 Å². The Kier molecular flexibility index (Phi) is 4.93. The Bertz CT molecular complexity index is 987. The van der Waals surface area contributed by atoms with Crippen LogP contribution in [-0.2, 0) is 0 Å². The van der Waals surface area contributed by atoms with Gasteiger partial charge in [0.1, 0.15) is 5.82 Å². The van der Waals surface area contributed by atoms with E-state index in [9.17, 15) is 8.78 Å². The van der Waals surface area contributed by atoms with Crippen LogP contribution in [-0.4, -0.2) is 39.4 Å². The molecule has 1 atom stereocenters. The van der Waals surface area contributed by atoms with Gasteiger partial charge in [0.25, 0.3) is 0 Å². The number of aryl methyl sites for hydroxylation is 2. The summed E-state index contributed by atoms with van der Waals surface area (Å²) in [5.74, 6) is 0.117. The van der Waals surface area contributed by atoms with Crippen LogP contribution < -0.4 is 10.2 Å². The molecule has 28 heavy (non-hydrogen) atoms. The Balaban J connectivity index is 1.38.